The Labute approximate surface area is 129 Å². The van der Waals surface area contributed by atoms with E-state index >= 15 is 0 Å². The molecule has 2 rings (SSSR count). The van der Waals surface area contributed by atoms with E-state index in [1.807, 2.05) is 32.3 Å². The fourth-order valence-corrected chi connectivity index (χ4v) is 2.82. The predicted molar refractivity (Wildman–Crippen MR) is 87.4 cm³/mol. The molecule has 2 aromatic rings. The molecule has 22 heavy (non-hydrogen) atoms. The van der Waals surface area contributed by atoms with Crippen LogP contribution in [0.3, 0.4) is 0 Å². The van der Waals surface area contributed by atoms with Gasteiger partial charge < -0.3 is 10.3 Å². The van der Waals surface area contributed by atoms with Gasteiger partial charge in [0.25, 0.3) is 5.56 Å². The monoisotopic (exact) mass is 307 g/mol. The summed E-state index contributed by atoms with van der Waals surface area (Å²) in [6.45, 7) is 9.27. The lowest BCUT2D eigenvalue weighted by Crippen LogP contribution is -2.41. The van der Waals surface area contributed by atoms with E-state index in [2.05, 4.69) is 4.98 Å². The minimum Gasteiger partial charge on any atom is -0.330 e. The van der Waals surface area contributed by atoms with Crippen LogP contribution in [-0.4, -0.2) is 25.2 Å². The number of fused-ring (bicyclic) bond motifs is 1. The Morgan fingerprint density at radius 2 is 1.86 bits per heavy atom. The van der Waals surface area contributed by atoms with Crippen molar-refractivity contribution in [2.45, 2.75) is 59.7 Å². The minimum atomic E-state index is -0.302. The van der Waals surface area contributed by atoms with Gasteiger partial charge in [-0.15, -0.1) is 0 Å². The maximum absolute atomic E-state index is 12.8. The van der Waals surface area contributed by atoms with E-state index in [1.165, 1.54) is 4.57 Å². The maximum atomic E-state index is 12.8. The van der Waals surface area contributed by atoms with E-state index in [4.69, 9.17) is 5.73 Å². The molecular formula is C15H25N5O2. The lowest BCUT2D eigenvalue weighted by molar-refractivity contribution is 0.513. The molecule has 0 aromatic carbocycles. The van der Waals surface area contributed by atoms with E-state index in [9.17, 15) is 9.59 Å². The molecule has 2 heterocycles. The molecule has 0 saturated carbocycles. The number of hydrogen-bond donors (Lipinski definition) is 1. The Hall–Kier alpha value is -1.89. The van der Waals surface area contributed by atoms with E-state index in [1.54, 1.807) is 4.57 Å². The second-order valence-corrected chi connectivity index (χ2v) is 5.64. The van der Waals surface area contributed by atoms with Crippen molar-refractivity contribution in [3.05, 3.63) is 26.7 Å². The number of imidazole rings is 1. The highest BCUT2D eigenvalue weighted by molar-refractivity contribution is 5.71. The van der Waals surface area contributed by atoms with Crippen LogP contribution in [0.2, 0.25) is 0 Å². The first kappa shape index (κ1) is 16.5. The molecule has 0 saturated heterocycles. The molecule has 7 nitrogen and oxygen atoms in total. The molecule has 2 N–H and O–H groups in total. The van der Waals surface area contributed by atoms with Gasteiger partial charge in [0.2, 0.25) is 0 Å². The van der Waals surface area contributed by atoms with E-state index in [0.717, 1.165) is 12.2 Å². The Kier molecular flexibility index (Phi) is 4.85. The van der Waals surface area contributed by atoms with Gasteiger partial charge >= 0.3 is 5.69 Å². The zero-order valence-electron chi connectivity index (χ0n) is 13.8. The Balaban J connectivity index is 2.94. The standard InChI is InChI=1S/C15H25N5O2/c1-5-11-17-13-12(18(11)6-2)14(21)19(9-7-8-16)15(22)20(13)10(3)4/h10H,5-9,16H2,1-4H3. The number of aryl methyl sites for hydroxylation is 2. The summed E-state index contributed by atoms with van der Waals surface area (Å²) < 4.78 is 4.82. The number of nitrogens with two attached hydrogens (primary N) is 1. The molecule has 0 aliphatic heterocycles. The minimum absolute atomic E-state index is 0.0651. The van der Waals surface area contributed by atoms with Crippen LogP contribution in [0.4, 0.5) is 0 Å². The molecule has 0 unspecified atom stereocenters. The van der Waals surface area contributed by atoms with E-state index < -0.39 is 0 Å². The second kappa shape index (κ2) is 6.48. The van der Waals surface area contributed by atoms with Crippen molar-refractivity contribution in [1.82, 2.24) is 18.7 Å². The Bertz CT molecular complexity index is 782. The van der Waals surface area contributed by atoms with Gasteiger partial charge in [0.05, 0.1) is 0 Å². The van der Waals surface area contributed by atoms with Crippen molar-refractivity contribution in [3.8, 4) is 0 Å². The molecule has 0 amide bonds. The molecule has 0 aliphatic rings. The normalized spacial score (nSPS) is 11.7. The Morgan fingerprint density at radius 3 is 2.36 bits per heavy atom. The fourth-order valence-electron chi connectivity index (χ4n) is 2.82. The summed E-state index contributed by atoms with van der Waals surface area (Å²) in [5.41, 5.74) is 5.97. The van der Waals surface area contributed by atoms with E-state index in [-0.39, 0.29) is 17.3 Å². The zero-order chi connectivity index (χ0) is 16.4. The lowest BCUT2D eigenvalue weighted by atomic mass is 10.3. The highest BCUT2D eigenvalue weighted by Crippen LogP contribution is 2.15. The maximum Gasteiger partial charge on any atom is 0.332 e. The fraction of sp³-hybridized carbons (Fsp3) is 0.667. The van der Waals surface area contributed by atoms with Crippen LogP contribution in [0.25, 0.3) is 11.2 Å². The first-order valence-corrected chi connectivity index (χ1v) is 7.92. The van der Waals surface area contributed by atoms with Crippen molar-refractivity contribution in [2.75, 3.05) is 6.54 Å². The van der Waals surface area contributed by atoms with Crippen LogP contribution in [0.5, 0.6) is 0 Å². The molecule has 0 aliphatic carbocycles. The first-order chi connectivity index (χ1) is 10.5. The third-order valence-corrected chi connectivity index (χ3v) is 3.88. The molecule has 0 fully saturated rings. The molecule has 0 spiro atoms. The summed E-state index contributed by atoms with van der Waals surface area (Å²) in [7, 11) is 0. The van der Waals surface area contributed by atoms with Crippen LogP contribution < -0.4 is 17.0 Å². The van der Waals surface area contributed by atoms with Crippen LogP contribution in [0.1, 0.15) is 46.0 Å². The number of nitrogens with zero attached hydrogens (tertiary/aromatic N) is 4. The number of aromatic nitrogens is 4. The van der Waals surface area contributed by atoms with Crippen LogP contribution in [0.15, 0.2) is 9.59 Å². The first-order valence-electron chi connectivity index (χ1n) is 7.92. The van der Waals surface area contributed by atoms with Crippen molar-refractivity contribution in [1.29, 1.82) is 0 Å². The molecule has 122 valence electrons. The van der Waals surface area contributed by atoms with Crippen molar-refractivity contribution >= 4 is 11.2 Å². The van der Waals surface area contributed by atoms with Crippen LogP contribution >= 0.6 is 0 Å². The van der Waals surface area contributed by atoms with Gasteiger partial charge in [-0.1, -0.05) is 6.92 Å². The van der Waals surface area contributed by atoms with Gasteiger partial charge in [-0.3, -0.25) is 13.9 Å². The van der Waals surface area contributed by atoms with Crippen LogP contribution in [-0.2, 0) is 19.5 Å². The molecule has 0 radical (unpaired) electrons. The van der Waals surface area contributed by atoms with Crippen LogP contribution in [0, 0.1) is 0 Å². The average molecular weight is 307 g/mol. The molecular weight excluding hydrogens is 282 g/mol. The van der Waals surface area contributed by atoms with E-state index in [0.29, 0.717) is 37.2 Å². The Morgan fingerprint density at radius 1 is 1.18 bits per heavy atom. The van der Waals surface area contributed by atoms with Crippen molar-refractivity contribution in [2.24, 2.45) is 5.73 Å². The van der Waals surface area contributed by atoms with Gasteiger partial charge in [-0.25, -0.2) is 9.78 Å². The molecule has 7 heteroatoms. The molecule has 0 atom stereocenters. The summed E-state index contributed by atoms with van der Waals surface area (Å²) >= 11 is 0. The van der Waals surface area contributed by atoms with Gasteiger partial charge in [0, 0.05) is 25.6 Å². The van der Waals surface area contributed by atoms with Gasteiger partial charge in [0.15, 0.2) is 11.2 Å². The van der Waals surface area contributed by atoms with Gasteiger partial charge in [-0.2, -0.15) is 0 Å². The predicted octanol–water partition coefficient (Wildman–Crippen LogP) is 0.872. The van der Waals surface area contributed by atoms with Gasteiger partial charge in [-0.05, 0) is 33.7 Å². The summed E-state index contributed by atoms with van der Waals surface area (Å²) in [5, 5.41) is 0. The summed E-state index contributed by atoms with van der Waals surface area (Å²) in [5.74, 6) is 0.833. The quantitative estimate of drug-likeness (QED) is 0.858. The zero-order valence-corrected chi connectivity index (χ0v) is 13.8. The summed E-state index contributed by atoms with van der Waals surface area (Å²) in [6.07, 6.45) is 1.32. The average Bonchev–Trinajstić information content (AvgIpc) is 2.85. The third-order valence-electron chi connectivity index (χ3n) is 3.88. The third kappa shape index (κ3) is 2.49. The number of rotatable bonds is 6. The lowest BCUT2D eigenvalue weighted by Gasteiger charge is -2.14. The largest absolute Gasteiger partial charge is 0.332 e. The highest BCUT2D eigenvalue weighted by atomic mass is 16.2. The van der Waals surface area contributed by atoms with Crippen molar-refractivity contribution < 1.29 is 0 Å². The smallest absolute Gasteiger partial charge is 0.330 e. The number of hydrogen-bond acceptors (Lipinski definition) is 4. The summed E-state index contributed by atoms with van der Waals surface area (Å²) in [6, 6.07) is -0.0651. The second-order valence-electron chi connectivity index (χ2n) is 5.64. The SMILES string of the molecule is CCc1nc2c(c(=O)n(CCCN)c(=O)n2C(C)C)n1CC. The summed E-state index contributed by atoms with van der Waals surface area (Å²) in [4.78, 5) is 30.0. The topological polar surface area (TPSA) is 87.8 Å². The molecule has 2 aromatic heterocycles. The van der Waals surface area contributed by atoms with Crippen molar-refractivity contribution in [3.63, 3.8) is 0 Å². The van der Waals surface area contributed by atoms with Gasteiger partial charge in [0.1, 0.15) is 5.82 Å². The molecule has 0 bridgehead atoms. The highest BCUT2D eigenvalue weighted by Gasteiger charge is 2.21.